The quantitative estimate of drug-likeness (QED) is 0.725. The molecule has 0 unspecified atom stereocenters. The molecule has 2 rings (SSSR count). The molecule has 1 aromatic rings. The van der Waals surface area contributed by atoms with Gasteiger partial charge in [0, 0.05) is 5.56 Å². The average Bonchev–Trinajstić information content (AvgIpc) is 2.44. The van der Waals surface area contributed by atoms with Crippen LogP contribution in [0.25, 0.3) is 0 Å². The molecule has 6 heteroatoms. The van der Waals surface area contributed by atoms with E-state index in [1.807, 2.05) is 0 Å². The summed E-state index contributed by atoms with van der Waals surface area (Å²) in [6, 6.07) is 6.03. The second-order valence-corrected chi connectivity index (χ2v) is 7.09. The maximum atomic E-state index is 13.7. The first-order valence-corrected chi connectivity index (χ1v) is 8.17. The van der Waals surface area contributed by atoms with Crippen molar-refractivity contribution in [1.29, 1.82) is 0 Å². The van der Waals surface area contributed by atoms with Crippen LogP contribution in [0.3, 0.4) is 0 Å². The second kappa shape index (κ2) is 7.57. The Morgan fingerprint density at radius 2 is 1.96 bits per heavy atom. The number of nitrogens with one attached hydrogen (secondary N) is 2. The molecule has 3 N–H and O–H groups in total. The van der Waals surface area contributed by atoms with Crippen molar-refractivity contribution in [2.24, 2.45) is 5.41 Å². The third kappa shape index (κ3) is 3.92. The van der Waals surface area contributed by atoms with Crippen LogP contribution < -0.4 is 10.6 Å². The lowest BCUT2D eigenvalue weighted by Gasteiger charge is -2.47. The van der Waals surface area contributed by atoms with Crippen molar-refractivity contribution in [1.82, 2.24) is 10.6 Å². The number of hydrogen-bond acceptors (Lipinski definition) is 3. The van der Waals surface area contributed by atoms with Crippen molar-refractivity contribution in [3.8, 4) is 0 Å². The highest BCUT2D eigenvalue weighted by atomic mass is 32.1. The van der Waals surface area contributed by atoms with Crippen LogP contribution in [0.1, 0.15) is 59.1 Å². The average molecular weight is 354 g/mol. The summed E-state index contributed by atoms with van der Waals surface area (Å²) >= 11 is 5.15. The maximum absolute atomic E-state index is 13.7. The smallest absolute Gasteiger partial charge is 0.234 e. The van der Waals surface area contributed by atoms with Gasteiger partial charge in [-0.15, -0.1) is 0 Å². The van der Waals surface area contributed by atoms with Crippen LogP contribution in [0.2, 0.25) is 0 Å². The first kappa shape index (κ1) is 20.5. The molecule has 1 saturated carbocycles. The molecule has 1 atom stereocenters. The zero-order chi connectivity index (χ0) is 17.3. The third-order valence-electron chi connectivity index (χ3n) is 4.86. The zero-order valence-corrected chi connectivity index (χ0v) is 14.5. The summed E-state index contributed by atoms with van der Waals surface area (Å²) in [6.07, 6.45) is 2.14. The summed E-state index contributed by atoms with van der Waals surface area (Å²) in [5, 5.41) is 16.1. The first-order chi connectivity index (χ1) is 10.7. The summed E-state index contributed by atoms with van der Waals surface area (Å²) in [7, 11) is 0. The van der Waals surface area contributed by atoms with Crippen LogP contribution in [0, 0.1) is 11.2 Å². The molecule has 1 aliphatic rings. The lowest BCUT2D eigenvalue weighted by Crippen LogP contribution is -2.59. The Hall–Kier alpha value is -1.53. The zero-order valence-electron chi connectivity index (χ0n) is 13.6. The van der Waals surface area contributed by atoms with Crippen molar-refractivity contribution in [3.05, 3.63) is 35.6 Å². The van der Waals surface area contributed by atoms with Gasteiger partial charge < -0.3 is 15.7 Å². The maximum Gasteiger partial charge on any atom is 0.234 e. The van der Waals surface area contributed by atoms with E-state index in [0.717, 1.165) is 6.42 Å². The Morgan fingerprint density at radius 1 is 1.38 bits per heavy atom. The Kier molecular flexibility index (Phi) is 6.47. The second-order valence-electron chi connectivity index (χ2n) is 6.68. The standard InChI is InChI=1S/C17H23FN2O2S.CH4/c1-11(12-7-4-5-8-13(12)18)19-15(23)20-14(21)16(2,3)17(22)9-6-10-17;/h4-5,7-8,11,22H,6,9-10H2,1-3H3,(H2,19,20,21,23);1H4/t11-;/m0./s1. The monoisotopic (exact) mass is 354 g/mol. The normalized spacial score (nSPS) is 17.0. The van der Waals surface area contributed by atoms with Crippen LogP contribution >= 0.6 is 12.2 Å². The summed E-state index contributed by atoms with van der Waals surface area (Å²) in [5.74, 6) is -0.663. The molecule has 0 bridgehead atoms. The van der Waals surface area contributed by atoms with Crippen LogP contribution in [0.5, 0.6) is 0 Å². The molecule has 0 aliphatic heterocycles. The first-order valence-electron chi connectivity index (χ1n) is 7.76. The van der Waals surface area contributed by atoms with Gasteiger partial charge >= 0.3 is 0 Å². The van der Waals surface area contributed by atoms with E-state index >= 15 is 0 Å². The molecule has 134 valence electrons. The molecule has 4 nitrogen and oxygen atoms in total. The Morgan fingerprint density at radius 3 is 2.46 bits per heavy atom. The molecule has 1 fully saturated rings. The van der Waals surface area contributed by atoms with E-state index in [4.69, 9.17) is 12.2 Å². The Labute approximate surface area is 148 Å². The minimum Gasteiger partial charge on any atom is -0.389 e. The number of carbonyl (C=O) groups excluding carboxylic acids is 1. The van der Waals surface area contributed by atoms with Crippen molar-refractivity contribution < 1.29 is 14.3 Å². The lowest BCUT2D eigenvalue weighted by atomic mass is 9.62. The summed E-state index contributed by atoms with van der Waals surface area (Å²) in [5.41, 5.74) is -1.44. The molecule has 1 amide bonds. The van der Waals surface area contributed by atoms with Gasteiger partial charge in [-0.2, -0.15) is 0 Å². The van der Waals surface area contributed by atoms with Gasteiger partial charge in [0.25, 0.3) is 0 Å². The highest BCUT2D eigenvalue weighted by Gasteiger charge is 2.52. The molecule has 0 radical (unpaired) electrons. The number of carbonyl (C=O) groups is 1. The van der Waals surface area contributed by atoms with Crippen LogP contribution in [-0.4, -0.2) is 21.7 Å². The van der Waals surface area contributed by atoms with Gasteiger partial charge in [-0.05, 0) is 58.3 Å². The summed E-state index contributed by atoms with van der Waals surface area (Å²) in [6.45, 7) is 5.19. The molecule has 1 aliphatic carbocycles. The molecule has 0 heterocycles. The van der Waals surface area contributed by atoms with Gasteiger partial charge in [0.05, 0.1) is 17.1 Å². The highest BCUT2D eigenvalue weighted by Crippen LogP contribution is 2.45. The van der Waals surface area contributed by atoms with Crippen molar-refractivity contribution in [3.63, 3.8) is 0 Å². The van der Waals surface area contributed by atoms with Crippen LogP contribution in [0.4, 0.5) is 4.39 Å². The Bertz CT molecular complexity index is 615. The number of halogens is 1. The number of hydrogen-bond donors (Lipinski definition) is 3. The topological polar surface area (TPSA) is 61.4 Å². The fraction of sp³-hybridized carbons (Fsp3) is 0.556. The van der Waals surface area contributed by atoms with Crippen molar-refractivity contribution in [2.45, 2.75) is 59.1 Å². The van der Waals surface area contributed by atoms with E-state index < -0.39 is 11.0 Å². The third-order valence-corrected chi connectivity index (χ3v) is 5.08. The fourth-order valence-electron chi connectivity index (χ4n) is 2.74. The van der Waals surface area contributed by atoms with E-state index in [0.29, 0.717) is 18.4 Å². The van der Waals surface area contributed by atoms with E-state index in [2.05, 4.69) is 10.6 Å². The van der Waals surface area contributed by atoms with Gasteiger partial charge in [-0.1, -0.05) is 25.6 Å². The van der Waals surface area contributed by atoms with Crippen LogP contribution in [-0.2, 0) is 4.79 Å². The number of aliphatic hydroxyl groups is 1. The van der Waals surface area contributed by atoms with Gasteiger partial charge in [0.15, 0.2) is 5.11 Å². The minimum absolute atomic E-state index is 0. The number of amides is 1. The minimum atomic E-state index is -0.982. The van der Waals surface area contributed by atoms with E-state index in [1.54, 1.807) is 39.0 Å². The molecule has 1 aromatic carbocycles. The van der Waals surface area contributed by atoms with Crippen molar-refractivity contribution >= 4 is 23.2 Å². The number of thiocarbonyl (C=S) groups is 1. The largest absolute Gasteiger partial charge is 0.389 e. The van der Waals surface area contributed by atoms with E-state index in [-0.39, 0.29) is 30.3 Å². The van der Waals surface area contributed by atoms with Gasteiger partial charge in [-0.25, -0.2) is 4.39 Å². The lowest BCUT2D eigenvalue weighted by molar-refractivity contribution is -0.159. The fourth-order valence-corrected chi connectivity index (χ4v) is 3.01. The predicted molar refractivity (Wildman–Crippen MR) is 98.0 cm³/mol. The predicted octanol–water partition coefficient (Wildman–Crippen LogP) is 3.45. The van der Waals surface area contributed by atoms with Gasteiger partial charge in [0.1, 0.15) is 5.82 Å². The molecular formula is C18H27FN2O2S. The summed E-state index contributed by atoms with van der Waals surface area (Å²) < 4.78 is 13.7. The SMILES string of the molecule is C.C[C@H](NC(=S)NC(=O)C(C)(C)C1(O)CCC1)c1ccccc1F. The van der Waals surface area contributed by atoms with Crippen LogP contribution in [0.15, 0.2) is 24.3 Å². The van der Waals surface area contributed by atoms with E-state index in [9.17, 15) is 14.3 Å². The van der Waals surface area contributed by atoms with E-state index in [1.165, 1.54) is 6.07 Å². The summed E-state index contributed by atoms with van der Waals surface area (Å²) in [4.78, 5) is 12.4. The van der Waals surface area contributed by atoms with Crippen molar-refractivity contribution in [2.75, 3.05) is 0 Å². The molecule has 0 spiro atoms. The highest BCUT2D eigenvalue weighted by molar-refractivity contribution is 7.80. The molecule has 0 saturated heterocycles. The van der Waals surface area contributed by atoms with Gasteiger partial charge in [-0.3, -0.25) is 4.79 Å². The van der Waals surface area contributed by atoms with Gasteiger partial charge in [0.2, 0.25) is 5.91 Å². The molecular weight excluding hydrogens is 327 g/mol. The molecule has 24 heavy (non-hydrogen) atoms. The molecule has 0 aromatic heterocycles. The Balaban J connectivity index is 0.00000288. The number of rotatable bonds is 4. The number of benzene rings is 1.